The molecular weight excluding hydrogens is 528 g/mol. The zero-order valence-electron chi connectivity index (χ0n) is 22.0. The van der Waals surface area contributed by atoms with E-state index in [2.05, 4.69) is 32.9 Å². The number of imidazole rings is 1. The van der Waals surface area contributed by atoms with Crippen LogP contribution in [0.3, 0.4) is 0 Å². The molecule has 3 fully saturated rings. The summed E-state index contributed by atoms with van der Waals surface area (Å²) in [4.78, 5) is 42.6. The molecule has 0 spiro atoms. The molecule has 11 heteroatoms. The molecule has 0 bridgehead atoms. The molecule has 2 N–H and O–H groups in total. The van der Waals surface area contributed by atoms with Crippen LogP contribution in [0.1, 0.15) is 47.9 Å². The Morgan fingerprint density at radius 1 is 1.07 bits per heavy atom. The summed E-state index contributed by atoms with van der Waals surface area (Å²) < 4.78 is 2.03. The SMILES string of the molecule is CN1CCN(c2cc(C3CC3)cn3cc(CNc4cc(NC(=O)[C@H]5C[C@@H]5c5cccc(Cl)c5)ncn4)nc23)C1=O. The fourth-order valence-corrected chi connectivity index (χ4v) is 5.66. The Morgan fingerprint density at radius 2 is 1.93 bits per heavy atom. The van der Waals surface area contributed by atoms with Crippen molar-refractivity contribution in [1.29, 1.82) is 0 Å². The molecule has 1 aromatic carbocycles. The molecule has 0 radical (unpaired) electrons. The van der Waals surface area contributed by atoms with Gasteiger partial charge in [-0.3, -0.25) is 9.69 Å². The lowest BCUT2D eigenvalue weighted by Crippen LogP contribution is -2.29. The molecule has 2 atom stereocenters. The Labute approximate surface area is 236 Å². The molecule has 3 aromatic heterocycles. The predicted molar refractivity (Wildman–Crippen MR) is 153 cm³/mol. The number of pyridine rings is 1. The Morgan fingerprint density at radius 3 is 2.70 bits per heavy atom. The van der Waals surface area contributed by atoms with Crippen LogP contribution < -0.4 is 15.5 Å². The number of likely N-dealkylation sites (N-methyl/N-ethyl adjacent to an activating group) is 1. The normalized spacial score (nSPS) is 20.3. The summed E-state index contributed by atoms with van der Waals surface area (Å²) >= 11 is 6.11. The molecule has 3 aliphatic rings. The van der Waals surface area contributed by atoms with Gasteiger partial charge >= 0.3 is 6.03 Å². The fraction of sp³-hybridized carbons (Fsp3) is 0.345. The van der Waals surface area contributed by atoms with Gasteiger partial charge in [0.05, 0.1) is 17.9 Å². The maximum absolute atomic E-state index is 12.8. The van der Waals surface area contributed by atoms with Gasteiger partial charge in [0.25, 0.3) is 0 Å². The Balaban J connectivity index is 1.04. The third-order valence-corrected chi connectivity index (χ3v) is 8.17. The van der Waals surface area contributed by atoms with Crippen molar-refractivity contribution in [2.45, 2.75) is 37.6 Å². The molecule has 10 nitrogen and oxygen atoms in total. The van der Waals surface area contributed by atoms with E-state index in [0.717, 1.165) is 29.0 Å². The second-order valence-corrected chi connectivity index (χ2v) is 11.3. The first-order valence-electron chi connectivity index (χ1n) is 13.6. The lowest BCUT2D eigenvalue weighted by Gasteiger charge is -2.18. The van der Waals surface area contributed by atoms with Crippen LogP contribution in [0.2, 0.25) is 5.02 Å². The average Bonchev–Trinajstić information content (AvgIpc) is 3.87. The van der Waals surface area contributed by atoms with Crippen molar-refractivity contribution < 1.29 is 9.59 Å². The summed E-state index contributed by atoms with van der Waals surface area (Å²) in [5, 5.41) is 6.90. The van der Waals surface area contributed by atoms with Gasteiger partial charge in [-0.25, -0.2) is 19.7 Å². The number of hydrogen-bond donors (Lipinski definition) is 2. The molecule has 204 valence electrons. The summed E-state index contributed by atoms with van der Waals surface area (Å²) in [6.45, 7) is 1.77. The summed E-state index contributed by atoms with van der Waals surface area (Å²) in [5.74, 6) is 1.60. The van der Waals surface area contributed by atoms with E-state index in [1.165, 1.54) is 24.7 Å². The molecule has 2 saturated carbocycles. The number of hydrogen-bond acceptors (Lipinski definition) is 6. The van der Waals surface area contributed by atoms with Crippen LogP contribution in [0.4, 0.5) is 22.1 Å². The number of aromatic nitrogens is 4. The van der Waals surface area contributed by atoms with Crippen LogP contribution in [0, 0.1) is 5.92 Å². The lowest BCUT2D eigenvalue weighted by atomic mass is 10.1. The van der Waals surface area contributed by atoms with E-state index in [1.54, 1.807) is 11.0 Å². The second-order valence-electron chi connectivity index (χ2n) is 10.9. The third kappa shape index (κ3) is 4.83. The monoisotopic (exact) mass is 556 g/mol. The maximum atomic E-state index is 12.8. The van der Waals surface area contributed by atoms with Crippen molar-refractivity contribution in [2.24, 2.45) is 5.92 Å². The van der Waals surface area contributed by atoms with Gasteiger partial charge in [-0.1, -0.05) is 23.7 Å². The van der Waals surface area contributed by atoms with Crippen molar-refractivity contribution in [2.75, 3.05) is 35.7 Å². The lowest BCUT2D eigenvalue weighted by molar-refractivity contribution is -0.117. The molecule has 1 saturated heterocycles. The molecular formula is C29H29ClN8O2. The zero-order chi connectivity index (χ0) is 27.4. The Bertz CT molecular complexity index is 1630. The molecule has 4 heterocycles. The first-order valence-corrected chi connectivity index (χ1v) is 14.0. The number of amides is 3. The van der Waals surface area contributed by atoms with Gasteiger partial charge in [-0.05, 0) is 60.4 Å². The van der Waals surface area contributed by atoms with Crippen molar-refractivity contribution in [1.82, 2.24) is 24.3 Å². The number of carbonyl (C=O) groups is 2. The highest BCUT2D eigenvalue weighted by Gasteiger charge is 2.44. The van der Waals surface area contributed by atoms with Gasteiger partial charge < -0.3 is 19.9 Å². The number of urea groups is 1. The predicted octanol–water partition coefficient (Wildman–Crippen LogP) is 4.88. The fourth-order valence-electron chi connectivity index (χ4n) is 5.46. The molecule has 2 aliphatic carbocycles. The maximum Gasteiger partial charge on any atom is 0.324 e. The van der Waals surface area contributed by atoms with Gasteiger partial charge in [-0.2, -0.15) is 0 Å². The van der Waals surface area contributed by atoms with E-state index in [-0.39, 0.29) is 23.8 Å². The average molecular weight is 557 g/mol. The van der Waals surface area contributed by atoms with E-state index in [9.17, 15) is 9.59 Å². The largest absolute Gasteiger partial charge is 0.364 e. The van der Waals surface area contributed by atoms with E-state index < -0.39 is 0 Å². The summed E-state index contributed by atoms with van der Waals surface area (Å²) in [7, 11) is 1.83. The van der Waals surface area contributed by atoms with Gasteiger partial charge in [0.2, 0.25) is 5.91 Å². The summed E-state index contributed by atoms with van der Waals surface area (Å²) in [6.07, 6.45) is 8.70. The summed E-state index contributed by atoms with van der Waals surface area (Å²) in [6, 6.07) is 11.5. The van der Waals surface area contributed by atoms with E-state index in [1.807, 2.05) is 46.8 Å². The van der Waals surface area contributed by atoms with Crippen LogP contribution in [-0.4, -0.2) is 56.3 Å². The van der Waals surface area contributed by atoms with Crippen LogP contribution in [0.25, 0.3) is 5.65 Å². The number of carbonyl (C=O) groups excluding carboxylic acids is 2. The number of fused-ring (bicyclic) bond motifs is 1. The number of nitrogens with zero attached hydrogens (tertiary/aromatic N) is 6. The Kier molecular flexibility index (Phi) is 6.07. The molecule has 4 aromatic rings. The third-order valence-electron chi connectivity index (χ3n) is 7.93. The van der Waals surface area contributed by atoms with Crippen LogP contribution in [-0.2, 0) is 11.3 Å². The van der Waals surface area contributed by atoms with Gasteiger partial charge in [0, 0.05) is 49.5 Å². The highest BCUT2D eigenvalue weighted by Crippen LogP contribution is 2.48. The highest BCUT2D eigenvalue weighted by molar-refractivity contribution is 6.30. The topological polar surface area (TPSA) is 108 Å². The first-order chi connectivity index (χ1) is 19.4. The minimum Gasteiger partial charge on any atom is -0.364 e. The van der Waals surface area contributed by atoms with Crippen LogP contribution in [0.15, 0.2) is 55.1 Å². The molecule has 40 heavy (non-hydrogen) atoms. The molecule has 1 aliphatic heterocycles. The van der Waals surface area contributed by atoms with Gasteiger partial charge in [0.15, 0.2) is 5.65 Å². The van der Waals surface area contributed by atoms with E-state index >= 15 is 0 Å². The first kappa shape index (κ1) is 24.8. The number of benzene rings is 1. The van der Waals surface area contributed by atoms with Crippen LogP contribution in [0.5, 0.6) is 0 Å². The number of anilines is 3. The quantitative estimate of drug-likeness (QED) is 0.320. The van der Waals surface area contributed by atoms with E-state index in [0.29, 0.717) is 42.2 Å². The van der Waals surface area contributed by atoms with Gasteiger partial charge in [0.1, 0.15) is 18.0 Å². The molecule has 7 rings (SSSR count). The zero-order valence-corrected chi connectivity index (χ0v) is 22.8. The van der Waals surface area contributed by atoms with Crippen LogP contribution >= 0.6 is 11.6 Å². The standard InChI is InChI=1S/C29H29ClN8O2/c1-36-7-8-38(29(36)40)24-10-19(17-5-6-17)14-37-15-21(34-27(24)37)13-31-25-12-26(33-16-32-25)35-28(39)23-11-22(23)18-3-2-4-20(30)9-18/h2-4,9-10,12,14-17,22-23H,5-8,11,13H2,1H3,(H2,31,32,33,35,39)/t22-,23+/m1/s1. The van der Waals surface area contributed by atoms with Crippen molar-refractivity contribution in [3.05, 3.63) is 77.0 Å². The van der Waals surface area contributed by atoms with E-state index in [4.69, 9.17) is 16.6 Å². The Hall–Kier alpha value is -4.18. The number of rotatable bonds is 8. The summed E-state index contributed by atoms with van der Waals surface area (Å²) in [5.41, 5.74) is 4.76. The second kappa shape index (κ2) is 9.78. The number of halogens is 1. The highest BCUT2D eigenvalue weighted by atomic mass is 35.5. The molecule has 3 amide bonds. The van der Waals surface area contributed by atoms with Crippen molar-refractivity contribution in [3.8, 4) is 0 Å². The molecule has 0 unspecified atom stereocenters. The minimum atomic E-state index is -0.0974. The van der Waals surface area contributed by atoms with Crippen molar-refractivity contribution >= 4 is 46.5 Å². The smallest absolute Gasteiger partial charge is 0.324 e. The van der Waals surface area contributed by atoms with Crippen molar-refractivity contribution in [3.63, 3.8) is 0 Å². The number of nitrogens with one attached hydrogen (secondary N) is 2. The minimum absolute atomic E-state index is 0.00170. The van der Waals surface area contributed by atoms with Gasteiger partial charge in [-0.15, -0.1) is 0 Å².